The first-order valence-electron chi connectivity index (χ1n) is 5.06. The van der Waals surface area contributed by atoms with Gasteiger partial charge in [0.25, 0.3) is 0 Å². The molecule has 1 aliphatic rings. The van der Waals surface area contributed by atoms with E-state index in [1.807, 2.05) is 0 Å². The zero-order valence-corrected chi connectivity index (χ0v) is 11.6. The van der Waals surface area contributed by atoms with Crippen molar-refractivity contribution in [2.24, 2.45) is 0 Å². The predicted molar refractivity (Wildman–Crippen MR) is 70.0 cm³/mol. The van der Waals surface area contributed by atoms with Gasteiger partial charge in [-0.25, -0.2) is 19.9 Å². The van der Waals surface area contributed by atoms with Gasteiger partial charge in [0, 0.05) is 22.0 Å². The Balaban J connectivity index is 1.90. The van der Waals surface area contributed by atoms with E-state index in [0.29, 0.717) is 16.4 Å². The van der Waals surface area contributed by atoms with Gasteiger partial charge in [0.1, 0.15) is 0 Å². The van der Waals surface area contributed by atoms with Gasteiger partial charge in [-0.3, -0.25) is 4.57 Å². The highest BCUT2D eigenvalue weighted by Crippen LogP contribution is 2.36. The van der Waals surface area contributed by atoms with Gasteiger partial charge in [0.05, 0.1) is 0 Å². The molecule has 0 bridgehead atoms. The van der Waals surface area contributed by atoms with Gasteiger partial charge in [-0.1, -0.05) is 0 Å². The molecule has 0 unspecified atom stereocenters. The van der Waals surface area contributed by atoms with Gasteiger partial charge in [0.15, 0.2) is 10.3 Å². The second-order valence-electron chi connectivity index (χ2n) is 3.70. The first-order chi connectivity index (χ1) is 8.24. The molecular formula is C9H8IN5OS. The van der Waals surface area contributed by atoms with Gasteiger partial charge in [-0.2, -0.15) is 0 Å². The Labute approximate surface area is 114 Å². The molecule has 2 heterocycles. The lowest BCUT2D eigenvalue weighted by Crippen LogP contribution is -2.16. The average Bonchev–Trinajstić information content (AvgIpc) is 3.08. The lowest BCUT2D eigenvalue weighted by atomic mass is 10.7. The molecule has 0 aliphatic heterocycles. The second kappa shape index (κ2) is 4.41. The number of rotatable bonds is 3. The maximum atomic E-state index is 11.6. The number of hydrogen-bond donors (Lipinski definition) is 1. The van der Waals surface area contributed by atoms with E-state index in [1.165, 1.54) is 11.8 Å². The fourth-order valence-corrected chi connectivity index (χ4v) is 2.53. The Morgan fingerprint density at radius 1 is 1.41 bits per heavy atom. The van der Waals surface area contributed by atoms with Crippen molar-refractivity contribution < 1.29 is 0 Å². The largest absolute Gasteiger partial charge is 0.344 e. The lowest BCUT2D eigenvalue weighted by molar-refractivity contribution is 0.641. The highest BCUT2D eigenvalue weighted by molar-refractivity contribution is 14.1. The van der Waals surface area contributed by atoms with Crippen LogP contribution in [0.4, 0.5) is 0 Å². The van der Waals surface area contributed by atoms with Crippen LogP contribution in [0.3, 0.4) is 0 Å². The predicted octanol–water partition coefficient (Wildman–Crippen LogP) is 1.45. The number of H-pyrrole nitrogens is 1. The standard InChI is InChI=1S/C9H8IN5OS/c10-5-3-11-7(12-4-5)17-9-14-13-8(16)15(9)6-1-2-6/h3-4,6H,1-2H2,(H,13,16). The number of nitrogens with zero attached hydrogens (tertiary/aromatic N) is 4. The smallest absolute Gasteiger partial charge is 0.267 e. The number of halogens is 1. The van der Waals surface area contributed by atoms with Crippen LogP contribution in [-0.2, 0) is 0 Å². The molecule has 2 aromatic heterocycles. The molecule has 1 aliphatic carbocycles. The normalized spacial score (nSPS) is 15.1. The van der Waals surface area contributed by atoms with Gasteiger partial charge in [0.2, 0.25) is 0 Å². The Kier molecular flexibility index (Phi) is 2.90. The van der Waals surface area contributed by atoms with Crippen molar-refractivity contribution in [2.75, 3.05) is 0 Å². The summed E-state index contributed by atoms with van der Waals surface area (Å²) in [5, 5.41) is 7.71. The SMILES string of the molecule is O=c1[nH]nc(Sc2ncc(I)cn2)n1C1CC1. The molecule has 88 valence electrons. The van der Waals surface area contributed by atoms with Crippen LogP contribution in [0.15, 0.2) is 27.5 Å². The highest BCUT2D eigenvalue weighted by Gasteiger charge is 2.28. The summed E-state index contributed by atoms with van der Waals surface area (Å²) in [5.41, 5.74) is -0.152. The third-order valence-electron chi connectivity index (χ3n) is 2.36. The molecule has 0 atom stereocenters. The van der Waals surface area contributed by atoms with Crippen LogP contribution >= 0.6 is 34.4 Å². The van der Waals surface area contributed by atoms with Crippen molar-refractivity contribution in [3.63, 3.8) is 0 Å². The molecular weight excluding hydrogens is 353 g/mol. The molecule has 1 fully saturated rings. The molecule has 8 heteroatoms. The number of hydrogen-bond acceptors (Lipinski definition) is 5. The van der Waals surface area contributed by atoms with E-state index in [2.05, 4.69) is 42.8 Å². The van der Waals surface area contributed by atoms with E-state index in [0.717, 1.165) is 16.4 Å². The van der Waals surface area contributed by atoms with Gasteiger partial charge in [-0.05, 0) is 47.2 Å². The first kappa shape index (κ1) is 11.2. The van der Waals surface area contributed by atoms with Crippen molar-refractivity contribution in [1.29, 1.82) is 0 Å². The maximum Gasteiger partial charge on any atom is 0.344 e. The van der Waals surface area contributed by atoms with Crippen molar-refractivity contribution in [3.05, 3.63) is 26.4 Å². The minimum Gasteiger partial charge on any atom is -0.267 e. The Bertz CT molecular complexity index is 588. The fraction of sp³-hybridized carbons (Fsp3) is 0.333. The minimum atomic E-state index is -0.152. The molecule has 6 nitrogen and oxygen atoms in total. The van der Waals surface area contributed by atoms with E-state index in [-0.39, 0.29) is 5.69 Å². The van der Waals surface area contributed by atoms with Crippen LogP contribution in [0.25, 0.3) is 0 Å². The summed E-state index contributed by atoms with van der Waals surface area (Å²) in [6.07, 6.45) is 5.56. The summed E-state index contributed by atoms with van der Waals surface area (Å²) in [5.74, 6) is 0. The molecule has 0 aromatic carbocycles. The second-order valence-corrected chi connectivity index (χ2v) is 5.88. The highest BCUT2D eigenvalue weighted by atomic mass is 127. The molecule has 2 aromatic rings. The van der Waals surface area contributed by atoms with Gasteiger partial charge in [-0.15, -0.1) is 5.10 Å². The topological polar surface area (TPSA) is 76.5 Å². The quantitative estimate of drug-likeness (QED) is 0.662. The van der Waals surface area contributed by atoms with Crippen LogP contribution in [0.1, 0.15) is 18.9 Å². The van der Waals surface area contributed by atoms with Crippen LogP contribution in [0.5, 0.6) is 0 Å². The maximum absolute atomic E-state index is 11.6. The summed E-state index contributed by atoms with van der Waals surface area (Å²) in [4.78, 5) is 19.9. The van der Waals surface area contributed by atoms with Crippen LogP contribution < -0.4 is 5.69 Å². The van der Waals surface area contributed by atoms with E-state index in [1.54, 1.807) is 17.0 Å². The summed E-state index contributed by atoms with van der Waals surface area (Å²) in [6.45, 7) is 0. The lowest BCUT2D eigenvalue weighted by Gasteiger charge is -2.01. The van der Waals surface area contributed by atoms with Gasteiger partial charge >= 0.3 is 5.69 Å². The Morgan fingerprint density at radius 3 is 2.76 bits per heavy atom. The van der Waals surface area contributed by atoms with E-state index < -0.39 is 0 Å². The van der Waals surface area contributed by atoms with Crippen LogP contribution in [0, 0.1) is 3.57 Å². The monoisotopic (exact) mass is 361 g/mol. The molecule has 3 rings (SSSR count). The number of aromatic nitrogens is 5. The number of aromatic amines is 1. The summed E-state index contributed by atoms with van der Waals surface area (Å²) >= 11 is 3.45. The van der Waals surface area contributed by atoms with E-state index in [4.69, 9.17) is 0 Å². The van der Waals surface area contributed by atoms with Crippen LogP contribution in [0.2, 0.25) is 0 Å². The fourth-order valence-electron chi connectivity index (χ4n) is 1.45. The molecule has 0 radical (unpaired) electrons. The zero-order chi connectivity index (χ0) is 11.8. The van der Waals surface area contributed by atoms with E-state index >= 15 is 0 Å². The molecule has 17 heavy (non-hydrogen) atoms. The Morgan fingerprint density at radius 2 is 2.12 bits per heavy atom. The van der Waals surface area contributed by atoms with Crippen molar-refractivity contribution in [2.45, 2.75) is 29.2 Å². The molecule has 1 N–H and O–H groups in total. The zero-order valence-electron chi connectivity index (χ0n) is 8.63. The molecule has 0 spiro atoms. The summed E-state index contributed by atoms with van der Waals surface area (Å²) in [7, 11) is 0. The summed E-state index contributed by atoms with van der Waals surface area (Å²) < 4.78 is 2.67. The molecule has 1 saturated carbocycles. The number of nitrogens with one attached hydrogen (secondary N) is 1. The summed E-state index contributed by atoms with van der Waals surface area (Å²) in [6, 6.07) is 0.299. The third kappa shape index (κ3) is 2.37. The average molecular weight is 361 g/mol. The molecule has 0 amide bonds. The van der Waals surface area contributed by atoms with Crippen LogP contribution in [-0.4, -0.2) is 24.7 Å². The van der Waals surface area contributed by atoms with Crippen molar-refractivity contribution in [1.82, 2.24) is 24.7 Å². The Hall–Kier alpha value is -0.900. The van der Waals surface area contributed by atoms with Gasteiger partial charge < -0.3 is 0 Å². The first-order valence-corrected chi connectivity index (χ1v) is 6.96. The third-order valence-corrected chi connectivity index (χ3v) is 3.78. The van der Waals surface area contributed by atoms with Crippen molar-refractivity contribution >= 4 is 34.4 Å². The molecule has 0 saturated heterocycles. The van der Waals surface area contributed by atoms with E-state index in [9.17, 15) is 4.79 Å². The van der Waals surface area contributed by atoms with Crippen molar-refractivity contribution in [3.8, 4) is 0 Å². The minimum absolute atomic E-state index is 0.152.